The first-order valence-electron chi connectivity index (χ1n) is 5.97. The van der Waals surface area contributed by atoms with E-state index in [1.165, 1.54) is 13.2 Å². The van der Waals surface area contributed by atoms with Crippen LogP contribution in [0.3, 0.4) is 0 Å². The molecule has 0 amide bonds. The van der Waals surface area contributed by atoms with E-state index < -0.39 is 5.82 Å². The molecule has 0 unspecified atom stereocenters. The highest BCUT2D eigenvalue weighted by atomic mass is 19.1. The first-order chi connectivity index (χ1) is 8.20. The fourth-order valence-electron chi connectivity index (χ4n) is 2.36. The van der Waals surface area contributed by atoms with Gasteiger partial charge in [-0.15, -0.1) is 0 Å². The normalized spacial score (nSPS) is 17.1. The van der Waals surface area contributed by atoms with E-state index >= 15 is 0 Å². The predicted molar refractivity (Wildman–Crippen MR) is 63.9 cm³/mol. The van der Waals surface area contributed by atoms with Crippen molar-refractivity contribution in [3.8, 4) is 11.5 Å². The van der Waals surface area contributed by atoms with Crippen LogP contribution in [-0.2, 0) is 6.42 Å². The molecule has 0 spiro atoms. The van der Waals surface area contributed by atoms with Crippen LogP contribution in [0.25, 0.3) is 0 Å². The van der Waals surface area contributed by atoms with E-state index in [4.69, 9.17) is 4.74 Å². The summed E-state index contributed by atoms with van der Waals surface area (Å²) in [5, 5.41) is 13.1. The van der Waals surface area contributed by atoms with Gasteiger partial charge in [0.2, 0.25) is 0 Å². The number of hydrogen-bond acceptors (Lipinski definition) is 3. The lowest BCUT2D eigenvalue weighted by molar-refractivity contribution is 0.350. The molecule has 2 N–H and O–H groups in total. The van der Waals surface area contributed by atoms with Gasteiger partial charge < -0.3 is 15.2 Å². The highest BCUT2D eigenvalue weighted by molar-refractivity contribution is 5.44. The summed E-state index contributed by atoms with van der Waals surface area (Å²) in [7, 11) is 1.50. The average Bonchev–Trinajstić information content (AvgIpc) is 2.33. The summed E-state index contributed by atoms with van der Waals surface area (Å²) < 4.78 is 18.3. The number of benzene rings is 1. The fraction of sp³-hybridized carbons (Fsp3) is 0.538. The van der Waals surface area contributed by atoms with Gasteiger partial charge in [-0.25, -0.2) is 4.39 Å². The largest absolute Gasteiger partial charge is 0.507 e. The molecule has 4 heteroatoms. The number of aromatic hydroxyl groups is 1. The topological polar surface area (TPSA) is 41.5 Å². The molecule has 0 saturated carbocycles. The van der Waals surface area contributed by atoms with Crippen LogP contribution in [0.4, 0.5) is 4.39 Å². The number of ether oxygens (including phenoxy) is 1. The van der Waals surface area contributed by atoms with Crippen molar-refractivity contribution >= 4 is 0 Å². The van der Waals surface area contributed by atoms with Crippen LogP contribution in [0.1, 0.15) is 18.4 Å². The second-order valence-corrected chi connectivity index (χ2v) is 4.50. The quantitative estimate of drug-likeness (QED) is 0.848. The summed E-state index contributed by atoms with van der Waals surface area (Å²) in [6.07, 6.45) is 2.91. The maximum Gasteiger partial charge on any atom is 0.130 e. The van der Waals surface area contributed by atoms with Gasteiger partial charge in [0.1, 0.15) is 17.3 Å². The van der Waals surface area contributed by atoms with Crippen molar-refractivity contribution in [1.29, 1.82) is 0 Å². The molecule has 1 fully saturated rings. The Kier molecular flexibility index (Phi) is 3.84. The highest BCUT2D eigenvalue weighted by Gasteiger charge is 2.19. The van der Waals surface area contributed by atoms with E-state index in [1.807, 2.05) is 0 Å². The van der Waals surface area contributed by atoms with Crippen LogP contribution in [0.2, 0.25) is 0 Å². The van der Waals surface area contributed by atoms with Crippen LogP contribution >= 0.6 is 0 Å². The van der Waals surface area contributed by atoms with Gasteiger partial charge in [0, 0.05) is 17.7 Å². The van der Waals surface area contributed by atoms with Crippen molar-refractivity contribution in [3.05, 3.63) is 23.5 Å². The molecule has 1 aromatic rings. The minimum absolute atomic E-state index is 0.000354. The van der Waals surface area contributed by atoms with Crippen molar-refractivity contribution in [2.45, 2.75) is 19.3 Å². The zero-order valence-electron chi connectivity index (χ0n) is 10.0. The van der Waals surface area contributed by atoms with Crippen LogP contribution in [0, 0.1) is 11.7 Å². The molecule has 1 aliphatic rings. The maximum atomic E-state index is 13.1. The molecule has 0 aliphatic carbocycles. The number of halogens is 1. The van der Waals surface area contributed by atoms with E-state index in [0.717, 1.165) is 44.0 Å². The van der Waals surface area contributed by atoms with Crippen LogP contribution in [0.15, 0.2) is 12.1 Å². The number of piperidine rings is 1. The Morgan fingerprint density at radius 1 is 1.41 bits per heavy atom. The monoisotopic (exact) mass is 239 g/mol. The predicted octanol–water partition coefficient (Wildman–Crippen LogP) is 2.08. The number of phenols is 1. The molecule has 1 aromatic carbocycles. The van der Waals surface area contributed by atoms with Crippen LogP contribution in [-0.4, -0.2) is 25.3 Å². The number of rotatable bonds is 3. The minimum atomic E-state index is -0.464. The molecule has 0 atom stereocenters. The zero-order chi connectivity index (χ0) is 12.3. The molecular weight excluding hydrogens is 221 g/mol. The molecule has 3 nitrogen and oxygen atoms in total. The molecule has 94 valence electrons. The van der Waals surface area contributed by atoms with Crippen molar-refractivity contribution in [2.75, 3.05) is 20.2 Å². The van der Waals surface area contributed by atoms with Crippen molar-refractivity contribution in [3.63, 3.8) is 0 Å². The van der Waals surface area contributed by atoms with Crippen molar-refractivity contribution in [1.82, 2.24) is 5.32 Å². The summed E-state index contributed by atoms with van der Waals surface area (Å²) in [6, 6.07) is 2.48. The number of methoxy groups -OCH3 is 1. The van der Waals surface area contributed by atoms with E-state index in [0.29, 0.717) is 11.7 Å². The van der Waals surface area contributed by atoms with Gasteiger partial charge in [0.25, 0.3) is 0 Å². The Balaban J connectivity index is 2.18. The molecule has 17 heavy (non-hydrogen) atoms. The van der Waals surface area contributed by atoms with Gasteiger partial charge >= 0.3 is 0 Å². The second kappa shape index (κ2) is 5.36. The van der Waals surface area contributed by atoms with Crippen molar-refractivity contribution in [2.24, 2.45) is 5.92 Å². The summed E-state index contributed by atoms with van der Waals surface area (Å²) in [5.41, 5.74) is 0.723. The van der Waals surface area contributed by atoms with Gasteiger partial charge in [-0.3, -0.25) is 0 Å². The Labute approximate surface area is 101 Å². The van der Waals surface area contributed by atoms with Crippen molar-refractivity contribution < 1.29 is 14.2 Å². The van der Waals surface area contributed by atoms with Crippen LogP contribution in [0.5, 0.6) is 11.5 Å². The Hall–Kier alpha value is -1.29. The molecular formula is C13H18FNO2. The van der Waals surface area contributed by atoms with E-state index in [-0.39, 0.29) is 5.75 Å². The Bertz CT molecular complexity index is 389. The number of nitrogens with one attached hydrogen (secondary N) is 1. The molecule has 1 aliphatic heterocycles. The van der Waals surface area contributed by atoms with Gasteiger partial charge in [-0.2, -0.15) is 0 Å². The third-order valence-corrected chi connectivity index (χ3v) is 3.32. The first-order valence-corrected chi connectivity index (χ1v) is 5.97. The minimum Gasteiger partial charge on any atom is -0.507 e. The molecule has 2 rings (SSSR count). The molecule has 0 aromatic heterocycles. The number of phenolic OH excluding ortho intramolecular Hbond substituents is 1. The van der Waals surface area contributed by atoms with Gasteiger partial charge in [0.05, 0.1) is 7.11 Å². The zero-order valence-corrected chi connectivity index (χ0v) is 10.0. The Morgan fingerprint density at radius 3 is 2.76 bits per heavy atom. The standard InChI is InChI=1S/C13H18FNO2/c1-17-13-8-10(14)7-12(16)11(13)6-9-2-4-15-5-3-9/h7-9,15-16H,2-6H2,1H3. The average molecular weight is 239 g/mol. The first kappa shape index (κ1) is 12.2. The summed E-state index contributed by atoms with van der Waals surface area (Å²) in [6.45, 7) is 2.02. The third-order valence-electron chi connectivity index (χ3n) is 3.32. The summed E-state index contributed by atoms with van der Waals surface area (Å²) in [4.78, 5) is 0. The number of hydrogen-bond donors (Lipinski definition) is 2. The summed E-state index contributed by atoms with van der Waals surface area (Å²) >= 11 is 0. The lowest BCUT2D eigenvalue weighted by Gasteiger charge is -2.23. The van der Waals surface area contributed by atoms with E-state index in [9.17, 15) is 9.50 Å². The van der Waals surface area contributed by atoms with E-state index in [2.05, 4.69) is 5.32 Å². The van der Waals surface area contributed by atoms with Gasteiger partial charge in [-0.1, -0.05) is 0 Å². The SMILES string of the molecule is COc1cc(F)cc(O)c1CC1CCNCC1. The fourth-order valence-corrected chi connectivity index (χ4v) is 2.36. The molecule has 0 radical (unpaired) electrons. The lowest BCUT2D eigenvalue weighted by atomic mass is 9.90. The van der Waals surface area contributed by atoms with Gasteiger partial charge in [-0.05, 0) is 38.3 Å². The maximum absolute atomic E-state index is 13.1. The smallest absolute Gasteiger partial charge is 0.130 e. The lowest BCUT2D eigenvalue weighted by Crippen LogP contribution is -2.28. The van der Waals surface area contributed by atoms with Crippen LogP contribution < -0.4 is 10.1 Å². The molecule has 1 saturated heterocycles. The highest BCUT2D eigenvalue weighted by Crippen LogP contribution is 2.33. The third kappa shape index (κ3) is 2.88. The Morgan fingerprint density at radius 2 is 2.12 bits per heavy atom. The second-order valence-electron chi connectivity index (χ2n) is 4.50. The van der Waals surface area contributed by atoms with Gasteiger partial charge in [0.15, 0.2) is 0 Å². The summed E-state index contributed by atoms with van der Waals surface area (Å²) in [5.74, 6) is 0.510. The molecule has 0 bridgehead atoms. The molecule has 1 heterocycles. The van der Waals surface area contributed by atoms with E-state index in [1.54, 1.807) is 0 Å².